The van der Waals surface area contributed by atoms with Crippen LogP contribution in [0, 0.1) is 6.92 Å². The molecule has 0 aliphatic carbocycles. The van der Waals surface area contributed by atoms with Gasteiger partial charge in [-0.15, -0.1) is 11.3 Å². The number of oxazole rings is 1. The molecule has 1 N–H and O–H groups in total. The van der Waals surface area contributed by atoms with Crippen LogP contribution < -0.4 is 10.1 Å². The number of hydrogen-bond acceptors (Lipinski definition) is 6. The smallest absolute Gasteiger partial charge is 0.226 e. The molecule has 7 heteroatoms. The summed E-state index contributed by atoms with van der Waals surface area (Å²) >= 11 is 1.55. The monoisotopic (exact) mass is 357 g/mol. The van der Waals surface area contributed by atoms with Crippen LogP contribution in [-0.4, -0.2) is 29.5 Å². The number of carbonyl (C=O) groups is 1. The van der Waals surface area contributed by atoms with Crippen molar-refractivity contribution in [2.75, 3.05) is 13.7 Å². The molecule has 1 aromatic carbocycles. The molecule has 1 amide bonds. The van der Waals surface area contributed by atoms with Crippen LogP contribution in [0.2, 0.25) is 0 Å². The first-order valence-electron chi connectivity index (χ1n) is 7.90. The molecule has 3 rings (SSSR count). The van der Waals surface area contributed by atoms with Gasteiger partial charge in [-0.25, -0.2) is 9.97 Å². The summed E-state index contributed by atoms with van der Waals surface area (Å²) in [6.07, 6.45) is 0.915. The second-order valence-electron chi connectivity index (χ2n) is 5.51. The highest BCUT2D eigenvalue weighted by atomic mass is 32.1. The number of thiazole rings is 1. The molecule has 0 saturated carbocycles. The average molecular weight is 357 g/mol. The molecular formula is C18H19N3O3S. The zero-order chi connectivity index (χ0) is 17.6. The molecule has 130 valence electrons. The Kier molecular flexibility index (Phi) is 5.45. The van der Waals surface area contributed by atoms with Crippen molar-refractivity contribution in [1.82, 2.24) is 15.3 Å². The van der Waals surface area contributed by atoms with Gasteiger partial charge in [0.15, 0.2) is 0 Å². The maximum absolute atomic E-state index is 12.1. The van der Waals surface area contributed by atoms with E-state index in [1.54, 1.807) is 24.0 Å². The van der Waals surface area contributed by atoms with Crippen molar-refractivity contribution in [3.05, 3.63) is 52.3 Å². The fourth-order valence-corrected chi connectivity index (χ4v) is 2.97. The first kappa shape index (κ1) is 17.2. The van der Waals surface area contributed by atoms with E-state index in [0.717, 1.165) is 23.4 Å². The Labute approximate surface area is 149 Å². The molecule has 3 aromatic rings. The maximum atomic E-state index is 12.1. The number of methoxy groups -OCH3 is 1. The first-order chi connectivity index (χ1) is 12.2. The summed E-state index contributed by atoms with van der Waals surface area (Å²) in [5, 5.41) is 4.87. The number of nitrogens with zero attached hydrogens (tertiary/aromatic N) is 2. The minimum atomic E-state index is -0.0798. The number of hydrogen-bond donors (Lipinski definition) is 1. The van der Waals surface area contributed by atoms with E-state index < -0.39 is 0 Å². The van der Waals surface area contributed by atoms with Gasteiger partial charge < -0.3 is 14.5 Å². The Morgan fingerprint density at radius 1 is 1.40 bits per heavy atom. The van der Waals surface area contributed by atoms with Crippen molar-refractivity contribution < 1.29 is 13.9 Å². The molecule has 0 aliphatic rings. The Bertz CT molecular complexity index is 843. The molecule has 0 bridgehead atoms. The van der Waals surface area contributed by atoms with E-state index in [9.17, 15) is 4.79 Å². The quantitative estimate of drug-likeness (QED) is 0.703. The highest BCUT2D eigenvalue weighted by Crippen LogP contribution is 2.25. The van der Waals surface area contributed by atoms with Crippen LogP contribution in [0.5, 0.6) is 5.75 Å². The van der Waals surface area contributed by atoms with Crippen molar-refractivity contribution in [1.29, 1.82) is 0 Å². The van der Waals surface area contributed by atoms with Crippen LogP contribution in [0.25, 0.3) is 11.5 Å². The summed E-state index contributed by atoms with van der Waals surface area (Å²) in [4.78, 5) is 20.8. The number of carbonyl (C=O) groups excluding carboxylic acids is 1. The third-order valence-corrected chi connectivity index (χ3v) is 4.36. The molecular weight excluding hydrogens is 338 g/mol. The Hall–Kier alpha value is -2.67. The van der Waals surface area contributed by atoms with Gasteiger partial charge in [0, 0.05) is 23.9 Å². The van der Waals surface area contributed by atoms with E-state index in [0.29, 0.717) is 23.9 Å². The van der Waals surface area contributed by atoms with Crippen molar-refractivity contribution in [3.63, 3.8) is 0 Å². The standard InChI is InChI=1S/C18H19N3O3S/c1-12-16(9-17(22)19-7-6-14-10-25-11-20-14)21-18(24-12)13-4-3-5-15(8-13)23-2/h3-5,8,10-11H,6-7,9H2,1-2H3,(H,19,22). The fraction of sp³-hybridized carbons (Fsp3) is 0.278. The van der Waals surface area contributed by atoms with Gasteiger partial charge in [0.05, 0.1) is 30.4 Å². The molecule has 2 aromatic heterocycles. The first-order valence-corrected chi connectivity index (χ1v) is 8.84. The third-order valence-electron chi connectivity index (χ3n) is 3.72. The van der Waals surface area contributed by atoms with Crippen molar-refractivity contribution >= 4 is 17.2 Å². The number of ether oxygens (including phenoxy) is 1. The Morgan fingerprint density at radius 2 is 2.28 bits per heavy atom. The molecule has 25 heavy (non-hydrogen) atoms. The van der Waals surface area contributed by atoms with Crippen LogP contribution in [0.1, 0.15) is 17.1 Å². The molecule has 2 heterocycles. The number of nitrogens with one attached hydrogen (secondary N) is 1. The minimum absolute atomic E-state index is 0.0798. The van der Waals surface area contributed by atoms with Gasteiger partial charge in [-0.3, -0.25) is 4.79 Å². The predicted octanol–water partition coefficient (Wildman–Crippen LogP) is 3.02. The van der Waals surface area contributed by atoms with Crippen LogP contribution in [0.4, 0.5) is 0 Å². The van der Waals surface area contributed by atoms with Gasteiger partial charge in [0.1, 0.15) is 11.5 Å². The summed E-state index contributed by atoms with van der Waals surface area (Å²) in [6, 6.07) is 7.48. The summed E-state index contributed by atoms with van der Waals surface area (Å²) in [6.45, 7) is 2.37. The number of rotatable bonds is 7. The maximum Gasteiger partial charge on any atom is 0.226 e. The molecule has 0 saturated heterocycles. The SMILES string of the molecule is COc1cccc(-c2nc(CC(=O)NCCc3cscn3)c(C)o2)c1. The summed E-state index contributed by atoms with van der Waals surface area (Å²) in [5.74, 6) is 1.78. The van der Waals surface area contributed by atoms with Crippen LogP contribution >= 0.6 is 11.3 Å². The second kappa shape index (κ2) is 7.94. The molecule has 0 fully saturated rings. The normalized spacial score (nSPS) is 10.6. The molecule has 0 spiro atoms. The zero-order valence-electron chi connectivity index (χ0n) is 14.1. The van der Waals surface area contributed by atoms with E-state index in [2.05, 4.69) is 15.3 Å². The lowest BCUT2D eigenvalue weighted by Crippen LogP contribution is -2.27. The number of benzene rings is 1. The lowest BCUT2D eigenvalue weighted by Gasteiger charge is -2.02. The predicted molar refractivity (Wildman–Crippen MR) is 95.8 cm³/mol. The van der Waals surface area contributed by atoms with E-state index in [4.69, 9.17) is 9.15 Å². The van der Waals surface area contributed by atoms with Gasteiger partial charge in [-0.1, -0.05) is 6.07 Å². The molecule has 0 unspecified atom stereocenters. The summed E-state index contributed by atoms with van der Waals surface area (Å²) in [5.41, 5.74) is 4.24. The number of amides is 1. The zero-order valence-corrected chi connectivity index (χ0v) is 14.9. The van der Waals surface area contributed by atoms with E-state index in [1.165, 1.54) is 0 Å². The number of aryl methyl sites for hydroxylation is 1. The van der Waals surface area contributed by atoms with Gasteiger partial charge in [-0.2, -0.15) is 0 Å². The van der Waals surface area contributed by atoms with Crippen molar-refractivity contribution in [2.24, 2.45) is 0 Å². The fourth-order valence-electron chi connectivity index (χ4n) is 2.38. The van der Waals surface area contributed by atoms with Gasteiger partial charge in [0.2, 0.25) is 11.8 Å². The largest absolute Gasteiger partial charge is 0.497 e. The minimum Gasteiger partial charge on any atom is -0.497 e. The van der Waals surface area contributed by atoms with Crippen molar-refractivity contribution in [2.45, 2.75) is 19.8 Å². The molecule has 6 nitrogen and oxygen atoms in total. The van der Waals surface area contributed by atoms with Crippen LogP contribution in [0.15, 0.2) is 39.6 Å². The van der Waals surface area contributed by atoms with Crippen LogP contribution in [-0.2, 0) is 17.6 Å². The Morgan fingerprint density at radius 3 is 3.04 bits per heavy atom. The van der Waals surface area contributed by atoms with Gasteiger partial charge in [-0.05, 0) is 25.1 Å². The average Bonchev–Trinajstić information content (AvgIpc) is 3.25. The van der Waals surface area contributed by atoms with Crippen LogP contribution in [0.3, 0.4) is 0 Å². The third kappa shape index (κ3) is 4.45. The van der Waals surface area contributed by atoms with Gasteiger partial charge in [0.25, 0.3) is 0 Å². The second-order valence-corrected chi connectivity index (χ2v) is 6.23. The summed E-state index contributed by atoms with van der Waals surface area (Å²) < 4.78 is 10.9. The lowest BCUT2D eigenvalue weighted by molar-refractivity contribution is -0.120. The van der Waals surface area contributed by atoms with Gasteiger partial charge >= 0.3 is 0 Å². The molecule has 0 radical (unpaired) electrons. The van der Waals surface area contributed by atoms with Crippen molar-refractivity contribution in [3.8, 4) is 17.2 Å². The molecule has 0 atom stereocenters. The number of aromatic nitrogens is 2. The lowest BCUT2D eigenvalue weighted by atomic mass is 10.2. The van der Waals surface area contributed by atoms with E-state index in [-0.39, 0.29) is 12.3 Å². The molecule has 0 aliphatic heterocycles. The Balaban J connectivity index is 1.60. The summed E-state index contributed by atoms with van der Waals surface area (Å²) in [7, 11) is 1.61. The van der Waals surface area contributed by atoms with E-state index in [1.807, 2.05) is 36.6 Å². The van der Waals surface area contributed by atoms with E-state index >= 15 is 0 Å². The topological polar surface area (TPSA) is 77.2 Å². The highest BCUT2D eigenvalue weighted by Gasteiger charge is 2.15. The highest BCUT2D eigenvalue weighted by molar-refractivity contribution is 7.07.